The highest BCUT2D eigenvalue weighted by Gasteiger charge is 2.35. The molecule has 0 N–H and O–H groups in total. The summed E-state index contributed by atoms with van der Waals surface area (Å²) in [5.74, 6) is 0. The highest BCUT2D eigenvalue weighted by molar-refractivity contribution is 7.18. The first-order chi connectivity index (χ1) is 8.56. The summed E-state index contributed by atoms with van der Waals surface area (Å²) < 4.78 is 1.10. The first kappa shape index (κ1) is 11.7. The molecule has 1 unspecified atom stereocenters. The van der Waals surface area contributed by atoms with Crippen LogP contribution in [0.2, 0.25) is 5.02 Å². The van der Waals surface area contributed by atoms with Crippen LogP contribution in [-0.2, 0) is 0 Å². The normalized spacial score (nSPS) is 20.2. The van der Waals surface area contributed by atoms with E-state index in [0.717, 1.165) is 15.2 Å². The standard InChI is InChI=1S/C12H12ClN3OS/c1-15-6-9(16(2)12(15)17)11-14-8-5-7(13)3-4-10(8)18-11/h3-5,9H,6H2,1-2H3. The Morgan fingerprint density at radius 3 is 2.89 bits per heavy atom. The van der Waals surface area contributed by atoms with Crippen LogP contribution in [0.25, 0.3) is 10.2 Å². The molecule has 2 amide bonds. The molecule has 1 saturated heterocycles. The van der Waals surface area contributed by atoms with E-state index in [9.17, 15) is 4.79 Å². The number of amides is 2. The minimum absolute atomic E-state index is 0.0392. The monoisotopic (exact) mass is 281 g/mol. The van der Waals surface area contributed by atoms with Crippen molar-refractivity contribution >= 4 is 39.2 Å². The lowest BCUT2D eigenvalue weighted by molar-refractivity contribution is 0.201. The Balaban J connectivity index is 2.02. The molecule has 1 aliphatic heterocycles. The van der Waals surface area contributed by atoms with Gasteiger partial charge in [0, 0.05) is 25.7 Å². The lowest BCUT2D eigenvalue weighted by Gasteiger charge is -2.14. The van der Waals surface area contributed by atoms with Gasteiger partial charge in [-0.3, -0.25) is 0 Å². The molecule has 2 aromatic rings. The maximum atomic E-state index is 11.8. The van der Waals surface area contributed by atoms with Crippen LogP contribution >= 0.6 is 22.9 Å². The third kappa shape index (κ3) is 1.74. The minimum Gasteiger partial charge on any atom is -0.325 e. The van der Waals surface area contributed by atoms with Gasteiger partial charge in [-0.05, 0) is 18.2 Å². The summed E-state index contributed by atoms with van der Waals surface area (Å²) >= 11 is 7.58. The fourth-order valence-electron chi connectivity index (χ4n) is 2.17. The average Bonchev–Trinajstić information content (AvgIpc) is 2.85. The molecule has 0 radical (unpaired) electrons. The van der Waals surface area contributed by atoms with Gasteiger partial charge in [-0.2, -0.15) is 0 Å². The number of hydrogen-bond donors (Lipinski definition) is 0. The van der Waals surface area contributed by atoms with Crippen LogP contribution in [0.1, 0.15) is 11.0 Å². The minimum atomic E-state index is 0.0392. The van der Waals surface area contributed by atoms with Crippen LogP contribution in [0.5, 0.6) is 0 Å². The van der Waals surface area contributed by atoms with Gasteiger partial charge in [0.1, 0.15) is 11.0 Å². The summed E-state index contributed by atoms with van der Waals surface area (Å²) in [5, 5.41) is 1.65. The van der Waals surface area contributed by atoms with Crippen LogP contribution in [-0.4, -0.2) is 41.5 Å². The Kier molecular flexibility index (Phi) is 2.68. The van der Waals surface area contributed by atoms with E-state index < -0.39 is 0 Å². The second kappa shape index (κ2) is 4.10. The van der Waals surface area contributed by atoms with Gasteiger partial charge in [0.2, 0.25) is 0 Å². The number of carbonyl (C=O) groups is 1. The van der Waals surface area contributed by atoms with Crippen molar-refractivity contribution < 1.29 is 4.79 Å². The maximum Gasteiger partial charge on any atom is 0.320 e. The number of hydrogen-bond acceptors (Lipinski definition) is 3. The zero-order valence-corrected chi connectivity index (χ0v) is 11.6. The number of benzene rings is 1. The third-order valence-corrected chi connectivity index (χ3v) is 4.57. The number of likely N-dealkylation sites (N-methyl/N-ethyl adjacent to an activating group) is 2. The molecule has 18 heavy (non-hydrogen) atoms. The van der Waals surface area contributed by atoms with Crippen molar-refractivity contribution in [2.75, 3.05) is 20.6 Å². The van der Waals surface area contributed by atoms with Gasteiger partial charge >= 0.3 is 6.03 Å². The molecule has 1 aliphatic rings. The predicted octanol–water partition coefficient (Wildman–Crippen LogP) is 2.99. The zero-order chi connectivity index (χ0) is 12.9. The SMILES string of the molecule is CN1CC(c2nc3cc(Cl)ccc3s2)N(C)C1=O. The van der Waals surface area contributed by atoms with E-state index in [1.54, 1.807) is 21.1 Å². The Hall–Kier alpha value is -1.33. The van der Waals surface area contributed by atoms with E-state index in [0.29, 0.717) is 11.6 Å². The largest absolute Gasteiger partial charge is 0.325 e. The number of fused-ring (bicyclic) bond motifs is 1. The first-order valence-electron chi connectivity index (χ1n) is 5.60. The number of thiazole rings is 1. The van der Waals surface area contributed by atoms with E-state index in [1.165, 1.54) is 0 Å². The number of halogens is 1. The molecule has 1 aromatic carbocycles. The lowest BCUT2D eigenvalue weighted by atomic mass is 10.3. The topological polar surface area (TPSA) is 36.4 Å². The van der Waals surface area contributed by atoms with Crippen LogP contribution < -0.4 is 0 Å². The summed E-state index contributed by atoms with van der Waals surface area (Å²) in [6, 6.07) is 5.77. The Morgan fingerprint density at radius 2 is 2.22 bits per heavy atom. The molecule has 1 fully saturated rings. The van der Waals surface area contributed by atoms with Crippen molar-refractivity contribution in [2.24, 2.45) is 0 Å². The summed E-state index contributed by atoms with van der Waals surface area (Å²) in [7, 11) is 3.62. The van der Waals surface area contributed by atoms with E-state index in [-0.39, 0.29) is 12.1 Å². The van der Waals surface area contributed by atoms with Gasteiger partial charge in [-0.25, -0.2) is 9.78 Å². The quantitative estimate of drug-likeness (QED) is 0.806. The summed E-state index contributed by atoms with van der Waals surface area (Å²) in [6.07, 6.45) is 0. The van der Waals surface area contributed by atoms with Crippen molar-refractivity contribution in [3.63, 3.8) is 0 Å². The number of nitrogens with zero attached hydrogens (tertiary/aromatic N) is 3. The van der Waals surface area contributed by atoms with Crippen molar-refractivity contribution in [1.29, 1.82) is 0 Å². The molecule has 0 saturated carbocycles. The number of aromatic nitrogens is 1. The van der Waals surface area contributed by atoms with Crippen LogP contribution in [0, 0.1) is 0 Å². The Bertz CT molecular complexity index is 627. The van der Waals surface area contributed by atoms with Crippen molar-refractivity contribution in [2.45, 2.75) is 6.04 Å². The summed E-state index contributed by atoms with van der Waals surface area (Å²) in [4.78, 5) is 19.8. The van der Waals surface area contributed by atoms with Gasteiger partial charge in [-0.15, -0.1) is 11.3 Å². The van der Waals surface area contributed by atoms with E-state index in [4.69, 9.17) is 11.6 Å². The molecule has 1 atom stereocenters. The summed E-state index contributed by atoms with van der Waals surface area (Å²) in [5.41, 5.74) is 0.901. The van der Waals surface area contributed by atoms with Gasteiger partial charge in [0.15, 0.2) is 0 Å². The highest BCUT2D eigenvalue weighted by Crippen LogP contribution is 2.33. The smallest absolute Gasteiger partial charge is 0.320 e. The number of urea groups is 1. The van der Waals surface area contributed by atoms with Crippen LogP contribution in [0.3, 0.4) is 0 Å². The average molecular weight is 282 g/mol. The predicted molar refractivity (Wildman–Crippen MR) is 73.2 cm³/mol. The maximum absolute atomic E-state index is 11.8. The molecular weight excluding hydrogens is 270 g/mol. The zero-order valence-electron chi connectivity index (χ0n) is 10.1. The molecule has 0 spiro atoms. The number of rotatable bonds is 1. The van der Waals surface area contributed by atoms with Gasteiger partial charge in [-0.1, -0.05) is 11.6 Å². The molecule has 94 valence electrons. The Morgan fingerprint density at radius 1 is 1.44 bits per heavy atom. The molecule has 0 aliphatic carbocycles. The van der Waals surface area contributed by atoms with E-state index >= 15 is 0 Å². The van der Waals surface area contributed by atoms with Crippen molar-refractivity contribution in [3.8, 4) is 0 Å². The second-order valence-electron chi connectivity index (χ2n) is 4.45. The van der Waals surface area contributed by atoms with E-state index in [1.807, 2.05) is 32.3 Å². The van der Waals surface area contributed by atoms with Crippen LogP contribution in [0.4, 0.5) is 4.79 Å². The molecule has 3 rings (SSSR count). The van der Waals surface area contributed by atoms with Crippen molar-refractivity contribution in [3.05, 3.63) is 28.2 Å². The van der Waals surface area contributed by atoms with Crippen molar-refractivity contribution in [1.82, 2.24) is 14.8 Å². The molecule has 2 heterocycles. The first-order valence-corrected chi connectivity index (χ1v) is 6.79. The lowest BCUT2D eigenvalue weighted by Crippen LogP contribution is -2.26. The fraction of sp³-hybridized carbons (Fsp3) is 0.333. The van der Waals surface area contributed by atoms with Crippen LogP contribution in [0.15, 0.2) is 18.2 Å². The molecule has 0 bridgehead atoms. The van der Waals surface area contributed by atoms with Gasteiger partial charge in [0.05, 0.1) is 10.2 Å². The Labute approximate surface area is 114 Å². The highest BCUT2D eigenvalue weighted by atomic mass is 35.5. The summed E-state index contributed by atoms with van der Waals surface area (Å²) in [6.45, 7) is 0.683. The van der Waals surface area contributed by atoms with Gasteiger partial charge in [0.25, 0.3) is 0 Å². The number of carbonyl (C=O) groups excluding carboxylic acids is 1. The third-order valence-electron chi connectivity index (χ3n) is 3.19. The van der Waals surface area contributed by atoms with Gasteiger partial charge < -0.3 is 9.80 Å². The molecule has 1 aromatic heterocycles. The molecular formula is C12H12ClN3OS. The second-order valence-corrected chi connectivity index (χ2v) is 5.95. The molecule has 4 nitrogen and oxygen atoms in total. The molecule has 6 heteroatoms. The fourth-order valence-corrected chi connectivity index (χ4v) is 3.42. The van der Waals surface area contributed by atoms with E-state index in [2.05, 4.69) is 4.98 Å².